The van der Waals surface area contributed by atoms with Gasteiger partial charge in [0, 0.05) is 35.5 Å². The fraction of sp³-hybridized carbons (Fsp3) is 0.333. The van der Waals surface area contributed by atoms with E-state index in [1.807, 2.05) is 32.0 Å². The van der Waals surface area contributed by atoms with Crippen molar-refractivity contribution < 1.29 is 23.5 Å². The summed E-state index contributed by atoms with van der Waals surface area (Å²) in [5.74, 6) is -0.173. The summed E-state index contributed by atoms with van der Waals surface area (Å²) in [4.78, 5) is 49.3. The van der Waals surface area contributed by atoms with Gasteiger partial charge in [-0.2, -0.15) is 0 Å². The second kappa shape index (κ2) is 9.74. The summed E-state index contributed by atoms with van der Waals surface area (Å²) in [7, 11) is 1.55. The average Bonchev–Trinajstić information content (AvgIpc) is 2.84. The Morgan fingerprint density at radius 1 is 1.14 bits per heavy atom. The number of methoxy groups -OCH3 is 1. The number of benzene rings is 2. The van der Waals surface area contributed by atoms with Gasteiger partial charge in [-0.05, 0) is 61.6 Å². The van der Waals surface area contributed by atoms with E-state index in [0.29, 0.717) is 41.8 Å². The van der Waals surface area contributed by atoms with Crippen LogP contribution in [0, 0.1) is 6.92 Å². The predicted molar refractivity (Wildman–Crippen MR) is 132 cm³/mol. The number of fused-ring (bicyclic) bond motifs is 1. The van der Waals surface area contributed by atoms with Crippen molar-refractivity contribution in [2.24, 2.45) is 0 Å². The van der Waals surface area contributed by atoms with Crippen molar-refractivity contribution in [2.45, 2.75) is 51.4 Å². The van der Waals surface area contributed by atoms with Crippen LogP contribution < -0.4 is 21.0 Å². The Morgan fingerprint density at radius 2 is 1.89 bits per heavy atom. The number of nitrogens with one attached hydrogen (secondary N) is 2. The van der Waals surface area contributed by atoms with Crippen LogP contribution in [-0.2, 0) is 26.2 Å². The van der Waals surface area contributed by atoms with Crippen molar-refractivity contribution >= 4 is 34.4 Å². The van der Waals surface area contributed by atoms with Crippen molar-refractivity contribution in [2.75, 3.05) is 12.4 Å². The van der Waals surface area contributed by atoms with Crippen LogP contribution >= 0.6 is 0 Å². The molecule has 4 rings (SSSR count). The highest BCUT2D eigenvalue weighted by Gasteiger charge is 2.42. The Balaban J connectivity index is 1.44. The monoisotopic (exact) mass is 476 g/mol. The zero-order valence-corrected chi connectivity index (χ0v) is 20.0. The van der Waals surface area contributed by atoms with E-state index in [2.05, 4.69) is 10.6 Å². The second-order valence-corrected chi connectivity index (χ2v) is 8.79. The smallest absolute Gasteiger partial charge is 0.339 e. The first-order valence-electron chi connectivity index (χ1n) is 11.6. The zero-order chi connectivity index (χ0) is 25.2. The molecular weight excluding hydrogens is 448 g/mol. The standard InChI is InChI=1S/C27H28N2O6/c1-4-27(14-13-24(31)29-26(27)33)17-5-7-18(8-6-17)28-23(30)12-11-21-16(2)20-10-9-19(34-3)15-22(20)35-25(21)32/h5-10,15H,4,11-14H2,1-3H3,(H,28,30)(H,29,31,33). The maximum Gasteiger partial charge on any atom is 0.339 e. The Hall–Kier alpha value is -3.94. The molecule has 0 spiro atoms. The number of rotatable bonds is 7. The second-order valence-electron chi connectivity index (χ2n) is 8.79. The van der Waals surface area contributed by atoms with Crippen LogP contribution in [0.3, 0.4) is 0 Å². The lowest BCUT2D eigenvalue weighted by Crippen LogP contribution is -2.51. The van der Waals surface area contributed by atoms with E-state index in [1.165, 1.54) is 0 Å². The molecule has 1 aromatic heterocycles. The number of ether oxygens (including phenoxy) is 1. The van der Waals surface area contributed by atoms with Crippen molar-refractivity contribution in [3.05, 3.63) is 69.6 Å². The maximum atomic E-state index is 12.6. The molecule has 182 valence electrons. The topological polar surface area (TPSA) is 115 Å². The molecule has 8 heteroatoms. The number of anilines is 1. The molecule has 0 saturated carbocycles. The molecule has 2 aromatic carbocycles. The normalized spacial score (nSPS) is 17.8. The van der Waals surface area contributed by atoms with Gasteiger partial charge in [0.05, 0.1) is 12.5 Å². The maximum absolute atomic E-state index is 12.6. The van der Waals surface area contributed by atoms with Gasteiger partial charge in [0.15, 0.2) is 0 Å². The summed E-state index contributed by atoms with van der Waals surface area (Å²) >= 11 is 0. The lowest BCUT2D eigenvalue weighted by atomic mass is 9.72. The molecule has 1 unspecified atom stereocenters. The highest BCUT2D eigenvalue weighted by molar-refractivity contribution is 6.03. The van der Waals surface area contributed by atoms with Gasteiger partial charge in [0.25, 0.3) is 0 Å². The largest absolute Gasteiger partial charge is 0.497 e. The van der Waals surface area contributed by atoms with Gasteiger partial charge in [0.1, 0.15) is 11.3 Å². The van der Waals surface area contributed by atoms with Gasteiger partial charge in [-0.15, -0.1) is 0 Å². The first kappa shape index (κ1) is 24.2. The number of carbonyl (C=O) groups is 3. The van der Waals surface area contributed by atoms with Crippen LogP contribution in [0.2, 0.25) is 0 Å². The van der Waals surface area contributed by atoms with Crippen molar-refractivity contribution in [1.82, 2.24) is 5.32 Å². The van der Waals surface area contributed by atoms with E-state index < -0.39 is 11.0 Å². The molecule has 2 heterocycles. The molecule has 1 saturated heterocycles. The van der Waals surface area contributed by atoms with Gasteiger partial charge >= 0.3 is 5.63 Å². The fourth-order valence-electron chi connectivity index (χ4n) is 4.69. The highest BCUT2D eigenvalue weighted by atomic mass is 16.5. The van der Waals surface area contributed by atoms with Crippen LogP contribution in [0.5, 0.6) is 5.75 Å². The minimum absolute atomic E-state index is 0.110. The predicted octanol–water partition coefficient (Wildman–Crippen LogP) is 3.77. The van der Waals surface area contributed by atoms with E-state index in [9.17, 15) is 19.2 Å². The number of aryl methyl sites for hydroxylation is 1. The summed E-state index contributed by atoms with van der Waals surface area (Å²) in [5.41, 5.74) is 1.88. The highest BCUT2D eigenvalue weighted by Crippen LogP contribution is 2.36. The molecule has 2 N–H and O–H groups in total. The molecule has 1 atom stereocenters. The minimum Gasteiger partial charge on any atom is -0.497 e. The number of carbonyl (C=O) groups excluding carboxylic acids is 3. The molecule has 0 bridgehead atoms. The Labute approximate surface area is 202 Å². The quantitative estimate of drug-likeness (QED) is 0.396. The van der Waals surface area contributed by atoms with E-state index in [1.54, 1.807) is 31.4 Å². The molecule has 1 fully saturated rings. The van der Waals surface area contributed by atoms with E-state index >= 15 is 0 Å². The number of hydrogen-bond donors (Lipinski definition) is 2. The van der Waals surface area contributed by atoms with Gasteiger partial charge < -0.3 is 14.5 Å². The Bertz CT molecular complexity index is 1360. The lowest BCUT2D eigenvalue weighted by molar-refractivity contribution is -0.138. The zero-order valence-electron chi connectivity index (χ0n) is 20.0. The lowest BCUT2D eigenvalue weighted by Gasteiger charge is -2.35. The number of imide groups is 1. The van der Waals surface area contributed by atoms with Crippen LogP contribution in [-0.4, -0.2) is 24.8 Å². The molecule has 0 radical (unpaired) electrons. The summed E-state index contributed by atoms with van der Waals surface area (Å²) in [6.07, 6.45) is 1.68. The van der Waals surface area contributed by atoms with Crippen molar-refractivity contribution in [3.8, 4) is 5.75 Å². The minimum atomic E-state index is -0.748. The van der Waals surface area contributed by atoms with Gasteiger partial charge in [-0.3, -0.25) is 19.7 Å². The molecule has 0 aliphatic carbocycles. The van der Waals surface area contributed by atoms with E-state index in [0.717, 1.165) is 16.5 Å². The fourth-order valence-corrected chi connectivity index (χ4v) is 4.69. The number of amides is 3. The van der Waals surface area contributed by atoms with Crippen molar-refractivity contribution in [3.63, 3.8) is 0 Å². The average molecular weight is 477 g/mol. The van der Waals surface area contributed by atoms with Crippen LogP contribution in [0.4, 0.5) is 5.69 Å². The van der Waals surface area contributed by atoms with Crippen LogP contribution in [0.1, 0.15) is 49.3 Å². The van der Waals surface area contributed by atoms with Gasteiger partial charge in [-0.25, -0.2) is 4.79 Å². The van der Waals surface area contributed by atoms with Crippen LogP contribution in [0.25, 0.3) is 11.0 Å². The summed E-state index contributed by atoms with van der Waals surface area (Å²) in [5, 5.41) is 6.08. The van der Waals surface area contributed by atoms with E-state index in [-0.39, 0.29) is 30.6 Å². The first-order chi connectivity index (χ1) is 16.8. The number of piperidine rings is 1. The summed E-state index contributed by atoms with van der Waals surface area (Å²) in [6.45, 7) is 3.77. The molecule has 1 aliphatic heterocycles. The third kappa shape index (κ3) is 4.69. The molecule has 3 aromatic rings. The van der Waals surface area contributed by atoms with Crippen molar-refractivity contribution in [1.29, 1.82) is 0 Å². The molecule has 3 amide bonds. The summed E-state index contributed by atoms with van der Waals surface area (Å²) < 4.78 is 10.6. The number of hydrogen-bond acceptors (Lipinski definition) is 6. The Morgan fingerprint density at radius 3 is 2.54 bits per heavy atom. The Kier molecular flexibility index (Phi) is 6.73. The molecule has 1 aliphatic rings. The molecule has 35 heavy (non-hydrogen) atoms. The summed E-state index contributed by atoms with van der Waals surface area (Å²) in [6, 6.07) is 12.4. The first-order valence-corrected chi connectivity index (χ1v) is 11.6. The third-order valence-electron chi connectivity index (χ3n) is 6.89. The molecular formula is C27H28N2O6. The SMILES string of the molecule is CCC1(c2ccc(NC(=O)CCc3c(C)c4ccc(OC)cc4oc3=O)cc2)CCC(=O)NC1=O. The third-order valence-corrected chi connectivity index (χ3v) is 6.89. The van der Waals surface area contributed by atoms with Crippen LogP contribution in [0.15, 0.2) is 51.7 Å². The van der Waals surface area contributed by atoms with Gasteiger partial charge in [0.2, 0.25) is 17.7 Å². The van der Waals surface area contributed by atoms with Gasteiger partial charge in [-0.1, -0.05) is 19.1 Å². The van der Waals surface area contributed by atoms with E-state index in [4.69, 9.17) is 9.15 Å². The molecule has 8 nitrogen and oxygen atoms in total.